The number of hydrogen-bond acceptors (Lipinski definition) is 4. The molecule has 16 heavy (non-hydrogen) atoms. The number of halogens is 6. The van der Waals surface area contributed by atoms with Crippen molar-refractivity contribution in [2.45, 2.75) is 12.4 Å². The van der Waals surface area contributed by atoms with Crippen LogP contribution in [0.1, 0.15) is 0 Å². The molecule has 0 aromatic rings. The number of hydrogen-bond donors (Lipinski definition) is 0. The number of alkyl halides is 6. The first-order valence-corrected chi connectivity index (χ1v) is 2.82. The zero-order chi connectivity index (χ0) is 12.3. The van der Waals surface area contributed by atoms with E-state index in [1.165, 1.54) is 0 Å². The Kier molecular flexibility index (Phi) is 6.52. The molecule has 0 spiro atoms. The summed E-state index contributed by atoms with van der Waals surface area (Å²) in [4.78, 5) is 25.1. The number of rotatable bonds is 2. The van der Waals surface area contributed by atoms with Crippen LogP contribution >= 0.6 is 0 Å². The van der Waals surface area contributed by atoms with E-state index < -0.39 is 24.3 Å². The van der Waals surface area contributed by atoms with Gasteiger partial charge in [-0.1, -0.05) is 0 Å². The molecule has 0 saturated carbocycles. The van der Waals surface area contributed by atoms with E-state index in [0.29, 0.717) is 0 Å². The summed E-state index contributed by atoms with van der Waals surface area (Å²) in [6, 6.07) is 0. The molecule has 0 bridgehead atoms. The Hall–Kier alpha value is -0.923. The minimum Gasteiger partial charge on any atom is -0.522 e. The molecule has 0 saturated heterocycles. The van der Waals surface area contributed by atoms with E-state index in [2.05, 4.69) is 9.68 Å². The van der Waals surface area contributed by atoms with E-state index >= 15 is 0 Å². The summed E-state index contributed by atoms with van der Waals surface area (Å²) in [7, 11) is 0. The quantitative estimate of drug-likeness (QED) is 0.335. The topological polar surface area (TPSA) is 66.7 Å². The van der Waals surface area contributed by atoms with E-state index in [4.69, 9.17) is 0 Å². The summed E-state index contributed by atoms with van der Waals surface area (Å²) < 4.78 is 67.9. The Balaban J connectivity index is 0. The third-order valence-electron chi connectivity index (χ3n) is 0.703. The number of nitrogens with zero attached hydrogens (tertiary/aromatic N) is 1. The van der Waals surface area contributed by atoms with Crippen LogP contribution in [0.2, 0.25) is 0 Å². The molecule has 0 amide bonds. The van der Waals surface area contributed by atoms with Gasteiger partial charge in [-0.15, -0.1) is 0 Å². The van der Waals surface area contributed by atoms with Gasteiger partial charge in [-0.3, -0.25) is 5.64 Å². The van der Waals surface area contributed by atoms with Crippen molar-refractivity contribution >= 4 is 11.9 Å². The van der Waals surface area contributed by atoms with E-state index in [1.54, 1.807) is 5.64 Å². The van der Waals surface area contributed by atoms with Gasteiger partial charge < -0.3 is 9.68 Å². The van der Waals surface area contributed by atoms with E-state index in [-0.39, 0.29) is 18.9 Å². The number of carbonyl (C=O) groups is 2. The smallest absolute Gasteiger partial charge is 0.522 e. The van der Waals surface area contributed by atoms with Crippen LogP contribution in [-0.2, 0) is 19.3 Å². The molecular formula is C4F6LiNO4. The molecule has 0 rings (SSSR count). The van der Waals surface area contributed by atoms with Crippen molar-refractivity contribution < 1.29 is 64.5 Å². The zero-order valence-corrected chi connectivity index (χ0v) is 7.35. The molecular weight excluding hydrogens is 247 g/mol. The second-order valence-corrected chi connectivity index (χ2v) is 1.83. The first kappa shape index (κ1) is 17.5. The van der Waals surface area contributed by atoms with Crippen LogP contribution in [0.15, 0.2) is 0 Å². The molecule has 0 aliphatic carbocycles. The standard InChI is InChI=1S/C4F6NO4.Li/c5-3(6,7)1(12)14-11-15-2(13)4(8,9)10;/q-1;+1. The Morgan fingerprint density at radius 2 is 1.06 bits per heavy atom. The SMILES string of the molecule is O=C(O[N-]OC(=O)C(F)(F)F)C(F)(F)F.[Li+]. The normalized spacial score (nSPS) is 11.4. The molecule has 0 radical (unpaired) electrons. The van der Waals surface area contributed by atoms with Gasteiger partial charge in [0.05, 0.1) is 0 Å². The van der Waals surface area contributed by atoms with Crippen molar-refractivity contribution in [3.8, 4) is 0 Å². The predicted octanol–water partition coefficient (Wildman–Crippen LogP) is -1.59. The predicted molar refractivity (Wildman–Crippen MR) is 27.7 cm³/mol. The fourth-order valence-corrected chi connectivity index (χ4v) is 0.190. The maximum Gasteiger partial charge on any atom is 1.00 e. The van der Waals surface area contributed by atoms with Crippen LogP contribution in [0.4, 0.5) is 26.3 Å². The molecule has 0 fully saturated rings. The van der Waals surface area contributed by atoms with Gasteiger partial charge in [0.2, 0.25) is 0 Å². The second-order valence-electron chi connectivity index (χ2n) is 1.83. The van der Waals surface area contributed by atoms with E-state index in [9.17, 15) is 35.9 Å². The average molecular weight is 247 g/mol. The van der Waals surface area contributed by atoms with Crippen molar-refractivity contribution in [3.63, 3.8) is 0 Å². The minimum absolute atomic E-state index is 0. The van der Waals surface area contributed by atoms with Crippen molar-refractivity contribution in [2.24, 2.45) is 0 Å². The summed E-state index contributed by atoms with van der Waals surface area (Å²) in [5, 5.41) is 0. The van der Waals surface area contributed by atoms with E-state index in [1.807, 2.05) is 0 Å². The third-order valence-corrected chi connectivity index (χ3v) is 0.703. The molecule has 0 aliphatic rings. The van der Waals surface area contributed by atoms with Gasteiger partial charge in [-0.2, -0.15) is 26.3 Å². The molecule has 12 heteroatoms. The van der Waals surface area contributed by atoms with Crippen molar-refractivity contribution in [3.05, 3.63) is 5.64 Å². The summed E-state index contributed by atoms with van der Waals surface area (Å²) in [5.74, 6) is -5.84. The van der Waals surface area contributed by atoms with Crippen LogP contribution in [0.25, 0.3) is 5.64 Å². The summed E-state index contributed by atoms with van der Waals surface area (Å²) in [5.41, 5.74) is 1.57. The van der Waals surface area contributed by atoms with Crippen molar-refractivity contribution in [2.75, 3.05) is 0 Å². The fourth-order valence-electron chi connectivity index (χ4n) is 0.190. The van der Waals surface area contributed by atoms with Gasteiger partial charge in [0.15, 0.2) is 0 Å². The maximum atomic E-state index is 11.3. The van der Waals surface area contributed by atoms with Gasteiger partial charge >= 0.3 is 43.2 Å². The van der Waals surface area contributed by atoms with Crippen LogP contribution in [0.3, 0.4) is 0 Å². The summed E-state index contributed by atoms with van der Waals surface area (Å²) in [6.07, 6.45) is -10.9. The summed E-state index contributed by atoms with van der Waals surface area (Å²) in [6.45, 7) is 0. The fraction of sp³-hybridized carbons (Fsp3) is 0.500. The van der Waals surface area contributed by atoms with Crippen LogP contribution in [-0.4, -0.2) is 24.3 Å². The Morgan fingerprint density at radius 1 is 0.812 bits per heavy atom. The molecule has 5 nitrogen and oxygen atoms in total. The first-order valence-electron chi connectivity index (χ1n) is 2.82. The van der Waals surface area contributed by atoms with Crippen LogP contribution in [0, 0.1) is 0 Å². The molecule has 0 aromatic carbocycles. The van der Waals surface area contributed by atoms with Gasteiger partial charge in [-0.05, 0) is 0 Å². The van der Waals surface area contributed by atoms with Crippen LogP contribution < -0.4 is 18.9 Å². The zero-order valence-electron chi connectivity index (χ0n) is 7.35. The minimum atomic E-state index is -5.45. The number of carbonyl (C=O) groups excluding carboxylic acids is 2. The molecule has 0 aromatic heterocycles. The molecule has 0 unspecified atom stereocenters. The Labute approximate surface area is 95.1 Å². The van der Waals surface area contributed by atoms with Crippen molar-refractivity contribution in [1.82, 2.24) is 0 Å². The molecule has 0 aliphatic heterocycles. The van der Waals surface area contributed by atoms with Gasteiger partial charge in [0.25, 0.3) is 0 Å². The largest absolute Gasteiger partial charge is 1.00 e. The second kappa shape index (κ2) is 5.97. The van der Waals surface area contributed by atoms with Gasteiger partial charge in [0, 0.05) is 0 Å². The van der Waals surface area contributed by atoms with E-state index in [0.717, 1.165) is 0 Å². The van der Waals surface area contributed by atoms with Crippen LogP contribution in [0.5, 0.6) is 0 Å². The Morgan fingerprint density at radius 3 is 1.25 bits per heavy atom. The molecule has 88 valence electrons. The molecule has 0 atom stereocenters. The maximum absolute atomic E-state index is 11.3. The Bertz CT molecular complexity index is 236. The molecule has 0 heterocycles. The average Bonchev–Trinajstić information content (AvgIpc) is 2.00. The molecule has 0 N–H and O–H groups in total. The summed E-state index contributed by atoms with van der Waals surface area (Å²) >= 11 is 0. The van der Waals surface area contributed by atoms with Crippen molar-refractivity contribution in [1.29, 1.82) is 0 Å². The first-order chi connectivity index (χ1) is 6.55. The van der Waals surface area contributed by atoms with Gasteiger partial charge in [0.1, 0.15) is 0 Å². The van der Waals surface area contributed by atoms with Gasteiger partial charge in [-0.25, -0.2) is 9.59 Å². The monoisotopic (exact) mass is 247 g/mol. The third kappa shape index (κ3) is 6.54.